The fourth-order valence-corrected chi connectivity index (χ4v) is 3.67. The van der Waals surface area contributed by atoms with E-state index in [1.54, 1.807) is 0 Å². The second-order valence-corrected chi connectivity index (χ2v) is 8.96. The van der Waals surface area contributed by atoms with Crippen molar-refractivity contribution < 1.29 is 13.9 Å². The molecule has 2 aromatic carbocycles. The summed E-state index contributed by atoms with van der Waals surface area (Å²) in [5.74, 6) is 1.49. The first-order valence-corrected chi connectivity index (χ1v) is 11.2. The molecule has 1 heterocycles. The van der Waals surface area contributed by atoms with Gasteiger partial charge in [0.25, 0.3) is 11.1 Å². The number of amides is 1. The van der Waals surface area contributed by atoms with E-state index in [1.807, 2.05) is 43.3 Å². The number of ether oxygens (including phenoxy) is 1. The van der Waals surface area contributed by atoms with Crippen LogP contribution in [0.4, 0.5) is 5.69 Å². The van der Waals surface area contributed by atoms with E-state index in [0.717, 1.165) is 26.1 Å². The second kappa shape index (κ2) is 10.1. The summed E-state index contributed by atoms with van der Waals surface area (Å²) in [6.45, 7) is 6.41. The van der Waals surface area contributed by atoms with Crippen LogP contribution < -0.4 is 10.1 Å². The van der Waals surface area contributed by atoms with Gasteiger partial charge in [-0.3, -0.25) is 4.79 Å². The largest absolute Gasteiger partial charge is 0.484 e. The smallest absolute Gasteiger partial charge is 0.277 e. The number of thioether (sulfide) groups is 1. The SMILES string of the molecule is Cc1ccc(OCc2nnc(SCC(=O)Nc3ccc(I)cc3C(C)C)o2)cc1. The molecule has 0 fully saturated rings. The first kappa shape index (κ1) is 21.6. The molecule has 3 rings (SSSR count). The normalized spacial score (nSPS) is 10.9. The van der Waals surface area contributed by atoms with Crippen LogP contribution >= 0.6 is 34.4 Å². The van der Waals surface area contributed by atoms with Crippen molar-refractivity contribution in [2.75, 3.05) is 11.1 Å². The molecule has 1 aromatic heterocycles. The molecule has 1 amide bonds. The molecule has 29 heavy (non-hydrogen) atoms. The van der Waals surface area contributed by atoms with E-state index >= 15 is 0 Å². The van der Waals surface area contributed by atoms with Crippen molar-refractivity contribution in [3.05, 3.63) is 63.1 Å². The Balaban J connectivity index is 1.50. The van der Waals surface area contributed by atoms with E-state index in [-0.39, 0.29) is 18.3 Å². The summed E-state index contributed by atoms with van der Waals surface area (Å²) < 4.78 is 12.3. The van der Waals surface area contributed by atoms with Crippen LogP contribution in [0, 0.1) is 10.5 Å². The van der Waals surface area contributed by atoms with Crippen LogP contribution in [-0.4, -0.2) is 21.9 Å². The predicted molar refractivity (Wildman–Crippen MR) is 122 cm³/mol. The number of nitrogens with one attached hydrogen (secondary N) is 1. The summed E-state index contributed by atoms with van der Waals surface area (Å²) in [5, 5.41) is 11.2. The second-order valence-electron chi connectivity index (χ2n) is 6.79. The average molecular weight is 523 g/mol. The van der Waals surface area contributed by atoms with Gasteiger partial charge in [-0.25, -0.2) is 0 Å². The fourth-order valence-electron chi connectivity index (χ4n) is 2.57. The number of halogens is 1. The van der Waals surface area contributed by atoms with Gasteiger partial charge in [0.05, 0.1) is 5.75 Å². The molecular weight excluding hydrogens is 501 g/mol. The summed E-state index contributed by atoms with van der Waals surface area (Å²) >= 11 is 3.47. The van der Waals surface area contributed by atoms with Crippen LogP contribution in [0.2, 0.25) is 0 Å². The molecule has 3 aromatic rings. The van der Waals surface area contributed by atoms with E-state index < -0.39 is 0 Å². The topological polar surface area (TPSA) is 77.2 Å². The van der Waals surface area contributed by atoms with Gasteiger partial charge in [0, 0.05) is 9.26 Å². The van der Waals surface area contributed by atoms with Crippen LogP contribution in [0.15, 0.2) is 52.1 Å². The highest BCUT2D eigenvalue weighted by Crippen LogP contribution is 2.27. The molecule has 0 spiro atoms. The van der Waals surface area contributed by atoms with Crippen LogP contribution in [0.1, 0.15) is 36.8 Å². The zero-order chi connectivity index (χ0) is 20.8. The van der Waals surface area contributed by atoms with Gasteiger partial charge in [-0.05, 0) is 71.3 Å². The van der Waals surface area contributed by atoms with Gasteiger partial charge in [-0.2, -0.15) is 0 Å². The summed E-state index contributed by atoms with van der Waals surface area (Å²) in [6, 6.07) is 13.7. The zero-order valence-corrected chi connectivity index (χ0v) is 19.4. The Kier molecular flexibility index (Phi) is 7.54. The first-order chi connectivity index (χ1) is 13.9. The molecule has 1 N–H and O–H groups in total. The molecule has 0 saturated heterocycles. The minimum atomic E-state index is -0.117. The number of anilines is 1. The highest BCUT2D eigenvalue weighted by molar-refractivity contribution is 14.1. The number of aryl methyl sites for hydroxylation is 1. The van der Waals surface area contributed by atoms with Gasteiger partial charge >= 0.3 is 0 Å². The van der Waals surface area contributed by atoms with E-state index in [4.69, 9.17) is 9.15 Å². The monoisotopic (exact) mass is 523 g/mol. The lowest BCUT2D eigenvalue weighted by Gasteiger charge is -2.14. The standard InChI is InChI=1S/C21H22IN3O3S/c1-13(2)17-10-15(22)6-9-18(17)23-19(26)12-29-21-25-24-20(28-21)11-27-16-7-4-14(3)5-8-16/h4-10,13H,11-12H2,1-3H3,(H,23,26). The maximum absolute atomic E-state index is 12.3. The Morgan fingerprint density at radius 2 is 1.97 bits per heavy atom. The highest BCUT2D eigenvalue weighted by Gasteiger charge is 2.13. The van der Waals surface area contributed by atoms with Gasteiger partial charge in [0.2, 0.25) is 5.91 Å². The number of benzene rings is 2. The van der Waals surface area contributed by atoms with E-state index in [2.05, 4.69) is 58.0 Å². The number of nitrogens with zero attached hydrogens (tertiary/aromatic N) is 2. The number of hydrogen-bond acceptors (Lipinski definition) is 6. The number of hydrogen-bond donors (Lipinski definition) is 1. The van der Waals surface area contributed by atoms with Crippen molar-refractivity contribution in [2.45, 2.75) is 38.5 Å². The Morgan fingerprint density at radius 3 is 2.69 bits per heavy atom. The van der Waals surface area contributed by atoms with Gasteiger partial charge < -0.3 is 14.5 Å². The lowest BCUT2D eigenvalue weighted by atomic mass is 10.0. The van der Waals surface area contributed by atoms with Crippen molar-refractivity contribution in [3.63, 3.8) is 0 Å². The van der Waals surface area contributed by atoms with E-state index in [1.165, 1.54) is 11.8 Å². The summed E-state index contributed by atoms with van der Waals surface area (Å²) in [4.78, 5) is 12.3. The van der Waals surface area contributed by atoms with Crippen LogP contribution in [0.3, 0.4) is 0 Å². The Hall–Kier alpha value is -2.07. The molecule has 0 radical (unpaired) electrons. The summed E-state index contributed by atoms with van der Waals surface area (Å²) in [6.07, 6.45) is 0. The molecule has 0 saturated carbocycles. The fraction of sp³-hybridized carbons (Fsp3) is 0.286. The maximum Gasteiger partial charge on any atom is 0.277 e. The number of rotatable bonds is 8. The van der Waals surface area contributed by atoms with Crippen LogP contribution in [0.5, 0.6) is 5.75 Å². The van der Waals surface area contributed by atoms with Crippen molar-refractivity contribution in [2.24, 2.45) is 0 Å². The lowest BCUT2D eigenvalue weighted by Crippen LogP contribution is -2.15. The Bertz CT molecular complexity index is 974. The molecular formula is C21H22IN3O3S. The van der Waals surface area contributed by atoms with Crippen molar-refractivity contribution >= 4 is 45.9 Å². The van der Waals surface area contributed by atoms with Gasteiger partial charge in [-0.1, -0.05) is 43.3 Å². The molecule has 0 unspecified atom stereocenters. The highest BCUT2D eigenvalue weighted by atomic mass is 127. The molecule has 0 aliphatic carbocycles. The molecule has 8 heteroatoms. The zero-order valence-electron chi connectivity index (χ0n) is 16.4. The third-order valence-corrected chi connectivity index (χ3v) is 5.56. The third kappa shape index (κ3) is 6.46. The summed E-state index contributed by atoms with van der Waals surface area (Å²) in [5.41, 5.74) is 3.12. The van der Waals surface area contributed by atoms with Crippen molar-refractivity contribution in [1.82, 2.24) is 10.2 Å². The van der Waals surface area contributed by atoms with Crippen LogP contribution in [0.25, 0.3) is 0 Å². The van der Waals surface area contributed by atoms with E-state index in [0.29, 0.717) is 17.0 Å². The quantitative estimate of drug-likeness (QED) is 0.314. The number of carbonyl (C=O) groups is 1. The molecule has 0 aliphatic rings. The lowest BCUT2D eigenvalue weighted by molar-refractivity contribution is -0.113. The Labute approximate surface area is 188 Å². The molecule has 0 atom stereocenters. The average Bonchev–Trinajstić information content (AvgIpc) is 3.15. The van der Waals surface area contributed by atoms with Gasteiger partial charge in [-0.15, -0.1) is 10.2 Å². The Morgan fingerprint density at radius 1 is 1.21 bits per heavy atom. The predicted octanol–water partition coefficient (Wildman–Crippen LogP) is 5.42. The molecule has 0 aliphatic heterocycles. The van der Waals surface area contributed by atoms with E-state index in [9.17, 15) is 4.79 Å². The number of carbonyl (C=O) groups excluding carboxylic acids is 1. The molecule has 6 nitrogen and oxygen atoms in total. The molecule has 152 valence electrons. The van der Waals surface area contributed by atoms with Crippen molar-refractivity contribution in [3.8, 4) is 5.75 Å². The van der Waals surface area contributed by atoms with Gasteiger partial charge in [0.15, 0.2) is 6.61 Å². The van der Waals surface area contributed by atoms with Gasteiger partial charge in [0.1, 0.15) is 5.75 Å². The minimum Gasteiger partial charge on any atom is -0.484 e. The first-order valence-electron chi connectivity index (χ1n) is 9.14. The minimum absolute atomic E-state index is 0.117. The van der Waals surface area contributed by atoms with Crippen molar-refractivity contribution in [1.29, 1.82) is 0 Å². The third-order valence-electron chi connectivity index (χ3n) is 4.07. The number of aromatic nitrogens is 2. The molecule has 0 bridgehead atoms. The summed E-state index contributed by atoms with van der Waals surface area (Å²) in [7, 11) is 0. The van der Waals surface area contributed by atoms with Crippen LogP contribution in [-0.2, 0) is 11.4 Å². The maximum atomic E-state index is 12.3.